The van der Waals surface area contributed by atoms with Gasteiger partial charge in [0.15, 0.2) is 0 Å². The van der Waals surface area contributed by atoms with Crippen LogP contribution < -0.4 is 10.6 Å². The van der Waals surface area contributed by atoms with Gasteiger partial charge in [0, 0.05) is 24.7 Å². The first-order valence-corrected chi connectivity index (χ1v) is 7.33. The SMILES string of the molecule is CCNc1ccc(C(=O)NC2CC2c2ccccc2)cn1. The third kappa shape index (κ3) is 3.21. The van der Waals surface area contributed by atoms with Gasteiger partial charge >= 0.3 is 0 Å². The summed E-state index contributed by atoms with van der Waals surface area (Å²) in [5.74, 6) is 1.20. The van der Waals surface area contributed by atoms with Gasteiger partial charge in [0.25, 0.3) is 5.91 Å². The Kier molecular flexibility index (Phi) is 3.86. The number of hydrogen-bond donors (Lipinski definition) is 2. The highest BCUT2D eigenvalue weighted by atomic mass is 16.1. The summed E-state index contributed by atoms with van der Waals surface area (Å²) >= 11 is 0. The number of rotatable bonds is 5. The third-order valence-corrected chi connectivity index (χ3v) is 3.72. The fraction of sp³-hybridized carbons (Fsp3) is 0.294. The third-order valence-electron chi connectivity index (χ3n) is 3.72. The van der Waals surface area contributed by atoms with Crippen molar-refractivity contribution in [2.75, 3.05) is 11.9 Å². The monoisotopic (exact) mass is 281 g/mol. The minimum absolute atomic E-state index is 0.0472. The first-order chi connectivity index (χ1) is 10.3. The molecule has 0 radical (unpaired) electrons. The lowest BCUT2D eigenvalue weighted by Crippen LogP contribution is -2.26. The quantitative estimate of drug-likeness (QED) is 0.886. The maximum absolute atomic E-state index is 12.2. The van der Waals surface area contributed by atoms with E-state index in [1.165, 1.54) is 5.56 Å². The smallest absolute Gasteiger partial charge is 0.253 e. The molecule has 0 bridgehead atoms. The number of nitrogens with zero attached hydrogens (tertiary/aromatic N) is 1. The van der Waals surface area contributed by atoms with Gasteiger partial charge in [-0.2, -0.15) is 0 Å². The van der Waals surface area contributed by atoms with Crippen molar-refractivity contribution >= 4 is 11.7 Å². The van der Waals surface area contributed by atoms with Gasteiger partial charge in [-0.3, -0.25) is 4.79 Å². The average Bonchev–Trinajstić information content (AvgIpc) is 3.28. The second-order valence-corrected chi connectivity index (χ2v) is 5.30. The molecule has 0 aliphatic heterocycles. The van der Waals surface area contributed by atoms with Crippen LogP contribution in [0.3, 0.4) is 0 Å². The Hall–Kier alpha value is -2.36. The number of amides is 1. The number of anilines is 1. The number of hydrogen-bond acceptors (Lipinski definition) is 3. The molecule has 21 heavy (non-hydrogen) atoms. The van der Waals surface area contributed by atoms with Crippen LogP contribution in [0, 0.1) is 0 Å². The van der Waals surface area contributed by atoms with Crippen LogP contribution in [0.25, 0.3) is 0 Å². The van der Waals surface area contributed by atoms with Gasteiger partial charge in [0.2, 0.25) is 0 Å². The van der Waals surface area contributed by atoms with Crippen molar-refractivity contribution in [2.45, 2.75) is 25.3 Å². The number of nitrogens with one attached hydrogen (secondary N) is 2. The number of carbonyl (C=O) groups is 1. The molecule has 0 saturated heterocycles. The largest absolute Gasteiger partial charge is 0.370 e. The summed E-state index contributed by atoms with van der Waals surface area (Å²) in [5.41, 5.74) is 1.90. The summed E-state index contributed by atoms with van der Waals surface area (Å²) in [5, 5.41) is 6.18. The minimum atomic E-state index is -0.0472. The summed E-state index contributed by atoms with van der Waals surface area (Å²) in [4.78, 5) is 16.4. The fourth-order valence-corrected chi connectivity index (χ4v) is 2.49. The Bertz CT molecular complexity index is 610. The van der Waals surface area contributed by atoms with Gasteiger partial charge in [0.1, 0.15) is 5.82 Å². The molecule has 1 aromatic heterocycles. The van der Waals surface area contributed by atoms with Crippen LogP contribution >= 0.6 is 0 Å². The Morgan fingerprint density at radius 2 is 2.05 bits per heavy atom. The molecule has 2 atom stereocenters. The van der Waals surface area contributed by atoms with E-state index in [2.05, 4.69) is 27.8 Å². The van der Waals surface area contributed by atoms with Crippen LogP contribution in [-0.4, -0.2) is 23.5 Å². The molecule has 2 aromatic rings. The zero-order valence-electron chi connectivity index (χ0n) is 12.0. The second-order valence-electron chi connectivity index (χ2n) is 5.30. The van der Waals surface area contributed by atoms with Crippen LogP contribution in [0.5, 0.6) is 0 Å². The Morgan fingerprint density at radius 1 is 1.24 bits per heavy atom. The van der Waals surface area contributed by atoms with Crippen molar-refractivity contribution in [3.63, 3.8) is 0 Å². The van der Waals surface area contributed by atoms with E-state index < -0.39 is 0 Å². The predicted octanol–water partition coefficient (Wildman–Crippen LogP) is 2.80. The van der Waals surface area contributed by atoms with E-state index in [0.717, 1.165) is 18.8 Å². The molecule has 1 aliphatic rings. The molecular weight excluding hydrogens is 262 g/mol. The molecule has 1 saturated carbocycles. The van der Waals surface area contributed by atoms with E-state index in [1.54, 1.807) is 12.3 Å². The maximum atomic E-state index is 12.2. The lowest BCUT2D eigenvalue weighted by atomic mass is 10.1. The maximum Gasteiger partial charge on any atom is 0.253 e. The van der Waals surface area contributed by atoms with Crippen LogP contribution in [0.15, 0.2) is 48.7 Å². The van der Waals surface area contributed by atoms with Crippen molar-refractivity contribution in [3.05, 3.63) is 59.8 Å². The molecule has 108 valence electrons. The topological polar surface area (TPSA) is 54.0 Å². The molecule has 1 aliphatic carbocycles. The number of carbonyl (C=O) groups excluding carboxylic acids is 1. The lowest BCUT2D eigenvalue weighted by Gasteiger charge is -2.06. The van der Waals surface area contributed by atoms with Crippen molar-refractivity contribution < 1.29 is 4.79 Å². The van der Waals surface area contributed by atoms with Gasteiger partial charge in [-0.25, -0.2) is 4.98 Å². The second kappa shape index (κ2) is 5.95. The van der Waals surface area contributed by atoms with Gasteiger partial charge in [-0.15, -0.1) is 0 Å². The van der Waals surface area contributed by atoms with Crippen molar-refractivity contribution in [2.24, 2.45) is 0 Å². The Morgan fingerprint density at radius 3 is 2.71 bits per heavy atom. The van der Waals surface area contributed by atoms with E-state index in [9.17, 15) is 4.79 Å². The van der Waals surface area contributed by atoms with Crippen LogP contribution in [0.1, 0.15) is 35.2 Å². The highest BCUT2D eigenvalue weighted by Gasteiger charge is 2.39. The first-order valence-electron chi connectivity index (χ1n) is 7.33. The van der Waals surface area contributed by atoms with E-state index in [4.69, 9.17) is 0 Å². The Balaban J connectivity index is 1.58. The van der Waals surface area contributed by atoms with Crippen molar-refractivity contribution in [1.29, 1.82) is 0 Å². The number of pyridine rings is 1. The van der Waals surface area contributed by atoms with Crippen molar-refractivity contribution in [3.8, 4) is 0 Å². The molecule has 0 spiro atoms. The molecule has 1 amide bonds. The van der Waals surface area contributed by atoms with Gasteiger partial charge < -0.3 is 10.6 Å². The summed E-state index contributed by atoms with van der Waals surface area (Å²) in [6, 6.07) is 14.2. The van der Waals surface area contributed by atoms with Gasteiger partial charge in [-0.05, 0) is 31.0 Å². The zero-order valence-corrected chi connectivity index (χ0v) is 12.0. The fourth-order valence-electron chi connectivity index (χ4n) is 2.49. The molecule has 4 heteroatoms. The van der Waals surface area contributed by atoms with Crippen LogP contribution in [-0.2, 0) is 0 Å². The summed E-state index contributed by atoms with van der Waals surface area (Å²) in [6.07, 6.45) is 2.63. The molecule has 1 heterocycles. The summed E-state index contributed by atoms with van der Waals surface area (Å²) < 4.78 is 0. The molecule has 4 nitrogen and oxygen atoms in total. The Labute approximate surface area is 124 Å². The zero-order chi connectivity index (χ0) is 14.7. The summed E-state index contributed by atoms with van der Waals surface area (Å²) in [6.45, 7) is 2.83. The highest BCUT2D eigenvalue weighted by Crippen LogP contribution is 2.40. The molecule has 2 N–H and O–H groups in total. The van der Waals surface area contributed by atoms with E-state index >= 15 is 0 Å². The molecular formula is C17H19N3O. The molecule has 1 aromatic carbocycles. The summed E-state index contributed by atoms with van der Waals surface area (Å²) in [7, 11) is 0. The normalized spacial score (nSPS) is 19.9. The first kappa shape index (κ1) is 13.6. The van der Waals surface area contributed by atoms with Crippen LogP contribution in [0.2, 0.25) is 0 Å². The van der Waals surface area contributed by atoms with E-state index in [1.807, 2.05) is 31.2 Å². The van der Waals surface area contributed by atoms with E-state index in [0.29, 0.717) is 11.5 Å². The average molecular weight is 281 g/mol. The number of aromatic nitrogens is 1. The molecule has 3 rings (SSSR count). The van der Waals surface area contributed by atoms with Crippen molar-refractivity contribution in [1.82, 2.24) is 10.3 Å². The molecule has 1 fully saturated rings. The minimum Gasteiger partial charge on any atom is -0.370 e. The van der Waals surface area contributed by atoms with Gasteiger partial charge in [0.05, 0.1) is 5.56 Å². The van der Waals surface area contributed by atoms with E-state index in [-0.39, 0.29) is 11.9 Å². The van der Waals surface area contributed by atoms with Crippen LogP contribution in [0.4, 0.5) is 5.82 Å². The highest BCUT2D eigenvalue weighted by molar-refractivity contribution is 5.94. The standard InChI is InChI=1S/C17H19N3O/c1-2-18-16-9-8-13(11-19-16)17(21)20-15-10-14(15)12-6-4-3-5-7-12/h3-9,11,14-15H,2,10H2,1H3,(H,18,19)(H,20,21). The van der Waals surface area contributed by atoms with Gasteiger partial charge in [-0.1, -0.05) is 30.3 Å². The predicted molar refractivity (Wildman–Crippen MR) is 83.5 cm³/mol. The lowest BCUT2D eigenvalue weighted by molar-refractivity contribution is 0.0950. The molecule has 2 unspecified atom stereocenters. The number of benzene rings is 1.